The zero-order valence-corrected chi connectivity index (χ0v) is 12.4. The number of likely N-dealkylation sites (tertiary alicyclic amines) is 1. The number of pyridine rings is 1. The summed E-state index contributed by atoms with van der Waals surface area (Å²) in [7, 11) is 0. The van der Waals surface area contributed by atoms with E-state index in [9.17, 15) is 4.79 Å². The Bertz CT molecular complexity index is 466. The van der Waals surface area contributed by atoms with Crippen LogP contribution in [0, 0.1) is 0 Å². The van der Waals surface area contributed by atoms with Gasteiger partial charge in [0, 0.05) is 18.3 Å². The van der Waals surface area contributed by atoms with Gasteiger partial charge in [0.2, 0.25) is 5.91 Å². The van der Waals surface area contributed by atoms with Gasteiger partial charge in [0.25, 0.3) is 0 Å². The lowest BCUT2D eigenvalue weighted by Crippen LogP contribution is -2.51. The fraction of sp³-hybridized carbons (Fsp3) is 0.571. The number of anilines is 1. The minimum Gasteiger partial charge on any atom is -0.327 e. The smallest absolute Gasteiger partial charge is 0.238 e. The van der Waals surface area contributed by atoms with E-state index in [4.69, 9.17) is 17.3 Å². The molecule has 2 heterocycles. The first-order chi connectivity index (χ1) is 9.58. The van der Waals surface area contributed by atoms with Gasteiger partial charge in [-0.2, -0.15) is 0 Å². The first kappa shape index (κ1) is 15.2. The maximum Gasteiger partial charge on any atom is 0.238 e. The Kier molecular flexibility index (Phi) is 5.34. The molecular weight excluding hydrogens is 276 g/mol. The topological polar surface area (TPSA) is 71.2 Å². The molecule has 0 spiro atoms. The molecule has 2 rings (SSSR count). The van der Waals surface area contributed by atoms with Crippen LogP contribution in [0.5, 0.6) is 0 Å². The van der Waals surface area contributed by atoms with E-state index in [1.54, 1.807) is 18.3 Å². The van der Waals surface area contributed by atoms with E-state index in [2.05, 4.69) is 15.2 Å². The van der Waals surface area contributed by atoms with Gasteiger partial charge in [-0.05, 0) is 38.4 Å². The van der Waals surface area contributed by atoms with Crippen LogP contribution in [0.3, 0.4) is 0 Å². The minimum atomic E-state index is -0.0764. The molecular formula is C14H21ClN4O. The molecule has 1 amide bonds. The first-order valence-corrected chi connectivity index (χ1v) is 7.35. The fourth-order valence-corrected chi connectivity index (χ4v) is 2.83. The molecule has 1 aromatic rings. The standard InChI is InChI=1S/C14H21ClN4O/c1-10(16)12-6-2-3-8-19(12)9-13(20)18-11-5-4-7-17-14(11)15/h4-5,7,10,12H,2-3,6,8-9,16H2,1H3,(H,18,20). The summed E-state index contributed by atoms with van der Waals surface area (Å²) in [5.41, 5.74) is 6.56. The second-order valence-electron chi connectivity index (χ2n) is 5.28. The van der Waals surface area contributed by atoms with Crippen LogP contribution < -0.4 is 11.1 Å². The third-order valence-corrected chi connectivity index (χ3v) is 3.95. The summed E-state index contributed by atoms with van der Waals surface area (Å²) < 4.78 is 0. The normalized spacial score (nSPS) is 21.4. The van der Waals surface area contributed by atoms with Crippen LogP contribution in [0.2, 0.25) is 5.15 Å². The van der Waals surface area contributed by atoms with Crippen LogP contribution in [0.15, 0.2) is 18.3 Å². The molecule has 1 fully saturated rings. The maximum absolute atomic E-state index is 12.1. The number of hydrogen-bond acceptors (Lipinski definition) is 4. The second-order valence-corrected chi connectivity index (χ2v) is 5.64. The van der Waals surface area contributed by atoms with Gasteiger partial charge in [-0.1, -0.05) is 18.0 Å². The van der Waals surface area contributed by atoms with Crippen molar-refractivity contribution in [3.63, 3.8) is 0 Å². The SMILES string of the molecule is CC(N)C1CCCCN1CC(=O)Nc1cccnc1Cl. The molecule has 1 aliphatic heterocycles. The Morgan fingerprint density at radius 1 is 1.65 bits per heavy atom. The van der Waals surface area contributed by atoms with Gasteiger partial charge in [0.1, 0.15) is 0 Å². The van der Waals surface area contributed by atoms with Gasteiger partial charge in [-0.25, -0.2) is 4.98 Å². The van der Waals surface area contributed by atoms with Crippen LogP contribution >= 0.6 is 11.6 Å². The summed E-state index contributed by atoms with van der Waals surface area (Å²) in [5, 5.41) is 3.11. The van der Waals surface area contributed by atoms with E-state index < -0.39 is 0 Å². The maximum atomic E-state index is 12.1. The van der Waals surface area contributed by atoms with Gasteiger partial charge < -0.3 is 11.1 Å². The van der Waals surface area contributed by atoms with Crippen molar-refractivity contribution in [2.45, 2.75) is 38.3 Å². The average Bonchev–Trinajstić information content (AvgIpc) is 2.41. The van der Waals surface area contributed by atoms with Crippen molar-refractivity contribution in [3.05, 3.63) is 23.5 Å². The van der Waals surface area contributed by atoms with Gasteiger partial charge in [0.05, 0.1) is 12.2 Å². The number of amides is 1. The number of carbonyl (C=O) groups is 1. The second kappa shape index (κ2) is 7.02. The van der Waals surface area contributed by atoms with Crippen molar-refractivity contribution >= 4 is 23.2 Å². The highest BCUT2D eigenvalue weighted by Gasteiger charge is 2.26. The van der Waals surface area contributed by atoms with E-state index >= 15 is 0 Å². The highest BCUT2D eigenvalue weighted by molar-refractivity contribution is 6.32. The Labute approximate surface area is 124 Å². The van der Waals surface area contributed by atoms with E-state index in [1.165, 1.54) is 6.42 Å². The number of nitrogens with two attached hydrogens (primary N) is 1. The molecule has 5 nitrogen and oxygen atoms in total. The zero-order chi connectivity index (χ0) is 14.5. The number of nitrogens with one attached hydrogen (secondary N) is 1. The molecule has 2 unspecified atom stereocenters. The molecule has 1 aromatic heterocycles. The molecule has 0 radical (unpaired) electrons. The third kappa shape index (κ3) is 3.91. The number of halogens is 1. The number of hydrogen-bond donors (Lipinski definition) is 2. The molecule has 1 aliphatic rings. The molecule has 6 heteroatoms. The van der Waals surface area contributed by atoms with Gasteiger partial charge >= 0.3 is 0 Å². The van der Waals surface area contributed by atoms with Crippen molar-refractivity contribution in [3.8, 4) is 0 Å². The summed E-state index contributed by atoms with van der Waals surface area (Å²) in [6.07, 6.45) is 4.94. The lowest BCUT2D eigenvalue weighted by Gasteiger charge is -2.37. The van der Waals surface area contributed by atoms with E-state index in [0.717, 1.165) is 19.4 Å². The highest BCUT2D eigenvalue weighted by atomic mass is 35.5. The Morgan fingerprint density at radius 2 is 2.45 bits per heavy atom. The Hall–Kier alpha value is -1.17. The van der Waals surface area contributed by atoms with Crippen molar-refractivity contribution in [1.29, 1.82) is 0 Å². The number of piperidine rings is 1. The van der Waals surface area contributed by atoms with E-state index in [0.29, 0.717) is 17.4 Å². The van der Waals surface area contributed by atoms with Crippen molar-refractivity contribution in [2.24, 2.45) is 5.73 Å². The lowest BCUT2D eigenvalue weighted by atomic mass is 9.97. The average molecular weight is 297 g/mol. The molecule has 0 aromatic carbocycles. The van der Waals surface area contributed by atoms with Crippen molar-refractivity contribution < 1.29 is 4.79 Å². The molecule has 20 heavy (non-hydrogen) atoms. The number of rotatable bonds is 4. The highest BCUT2D eigenvalue weighted by Crippen LogP contribution is 2.20. The van der Waals surface area contributed by atoms with Crippen LogP contribution in [0.4, 0.5) is 5.69 Å². The van der Waals surface area contributed by atoms with E-state index in [1.807, 2.05) is 6.92 Å². The largest absolute Gasteiger partial charge is 0.327 e. The van der Waals surface area contributed by atoms with Crippen LogP contribution in [-0.4, -0.2) is 41.0 Å². The van der Waals surface area contributed by atoms with E-state index in [-0.39, 0.29) is 18.0 Å². The van der Waals surface area contributed by atoms with Crippen molar-refractivity contribution in [2.75, 3.05) is 18.4 Å². The lowest BCUT2D eigenvalue weighted by molar-refractivity contribution is -0.118. The quantitative estimate of drug-likeness (QED) is 0.832. The molecule has 110 valence electrons. The molecule has 0 saturated carbocycles. The number of carbonyl (C=O) groups excluding carboxylic acids is 1. The first-order valence-electron chi connectivity index (χ1n) is 6.98. The van der Waals surface area contributed by atoms with Gasteiger partial charge in [-0.3, -0.25) is 9.69 Å². The summed E-state index contributed by atoms with van der Waals surface area (Å²) in [6, 6.07) is 3.84. The molecule has 0 bridgehead atoms. The van der Waals surface area contributed by atoms with Crippen LogP contribution in [-0.2, 0) is 4.79 Å². The fourth-order valence-electron chi connectivity index (χ4n) is 2.66. The minimum absolute atomic E-state index is 0.0741. The predicted octanol–water partition coefficient (Wildman–Crippen LogP) is 1.88. The molecule has 0 aliphatic carbocycles. The number of aromatic nitrogens is 1. The summed E-state index contributed by atoms with van der Waals surface area (Å²) >= 11 is 5.93. The van der Waals surface area contributed by atoms with Crippen LogP contribution in [0.25, 0.3) is 0 Å². The Morgan fingerprint density at radius 3 is 3.15 bits per heavy atom. The molecule has 2 atom stereocenters. The van der Waals surface area contributed by atoms with Crippen LogP contribution in [0.1, 0.15) is 26.2 Å². The predicted molar refractivity (Wildman–Crippen MR) is 80.7 cm³/mol. The Balaban J connectivity index is 1.95. The van der Waals surface area contributed by atoms with Crippen molar-refractivity contribution in [1.82, 2.24) is 9.88 Å². The third-order valence-electron chi connectivity index (χ3n) is 3.65. The number of nitrogens with zero attached hydrogens (tertiary/aromatic N) is 2. The molecule has 1 saturated heterocycles. The summed E-state index contributed by atoms with van der Waals surface area (Å²) in [4.78, 5) is 18.2. The summed E-state index contributed by atoms with van der Waals surface area (Å²) in [5.74, 6) is -0.0764. The zero-order valence-electron chi connectivity index (χ0n) is 11.7. The van der Waals surface area contributed by atoms with Gasteiger partial charge in [0.15, 0.2) is 5.15 Å². The van der Waals surface area contributed by atoms with Gasteiger partial charge in [-0.15, -0.1) is 0 Å². The summed E-state index contributed by atoms with van der Waals surface area (Å²) in [6.45, 7) is 3.26. The monoisotopic (exact) mass is 296 g/mol. The molecule has 3 N–H and O–H groups in total.